The number of tetrazole rings is 1. The summed E-state index contributed by atoms with van der Waals surface area (Å²) in [5.74, 6) is 0. The molecule has 0 spiro atoms. The summed E-state index contributed by atoms with van der Waals surface area (Å²) in [6.45, 7) is 4.49. The maximum atomic E-state index is 4.26. The molecule has 0 amide bonds. The second-order valence-corrected chi connectivity index (χ2v) is 9.31. The Morgan fingerprint density at radius 1 is 1.17 bits per heavy atom. The van der Waals surface area contributed by atoms with Gasteiger partial charge >= 0.3 is 141 Å². The zero-order chi connectivity index (χ0) is 15.1. The summed E-state index contributed by atoms with van der Waals surface area (Å²) in [6.07, 6.45) is 7.25. The fourth-order valence-electron chi connectivity index (χ4n) is 3.06. The van der Waals surface area contributed by atoms with Gasteiger partial charge in [-0.1, -0.05) is 0 Å². The van der Waals surface area contributed by atoms with Crippen molar-refractivity contribution in [1.82, 2.24) is 20.2 Å². The van der Waals surface area contributed by atoms with Crippen molar-refractivity contribution < 1.29 is 48.0 Å². The Morgan fingerprint density at radius 3 is 2.62 bits per heavy atom. The van der Waals surface area contributed by atoms with Crippen molar-refractivity contribution in [3.8, 4) is 0 Å². The Kier molecular flexibility index (Phi) is 6.35. The van der Waals surface area contributed by atoms with E-state index in [4.69, 9.17) is 0 Å². The first-order chi connectivity index (χ1) is 10.7. The van der Waals surface area contributed by atoms with Crippen LogP contribution in [0.3, 0.4) is 0 Å². The van der Waals surface area contributed by atoms with Crippen LogP contribution in [-0.4, -0.2) is 20.2 Å². The molecule has 1 heterocycles. The molecule has 0 saturated carbocycles. The van der Waals surface area contributed by atoms with E-state index in [1.54, 1.807) is 8.08 Å². The van der Waals surface area contributed by atoms with Crippen LogP contribution in [0.4, 0.5) is 0 Å². The number of nitrogens with zero attached hydrogens (tertiary/aromatic N) is 4. The third kappa shape index (κ3) is 3.35. The molecule has 2 aliphatic carbocycles. The van der Waals surface area contributed by atoms with Gasteiger partial charge in [0.2, 0.25) is 0 Å². The van der Waals surface area contributed by atoms with Crippen LogP contribution in [0.15, 0.2) is 51.1 Å². The molecule has 4 rings (SSSR count). The molecule has 0 saturated heterocycles. The average Bonchev–Trinajstić information content (AvgIpc) is 3.23. The molecule has 1 aromatic heterocycles. The minimum absolute atomic E-state index is 0. The molecule has 7 heteroatoms. The Labute approximate surface area is 165 Å². The van der Waals surface area contributed by atoms with Crippen molar-refractivity contribution in [3.63, 3.8) is 0 Å². The molecule has 0 radical (unpaired) electrons. The van der Waals surface area contributed by atoms with Gasteiger partial charge in [0.05, 0.1) is 0 Å². The second-order valence-electron chi connectivity index (χ2n) is 5.70. The van der Waals surface area contributed by atoms with Gasteiger partial charge in [-0.3, -0.25) is 0 Å². The Bertz CT molecular complexity index is 825. The van der Waals surface area contributed by atoms with E-state index >= 15 is 0 Å². The molecule has 0 N–H and O–H groups in total. The number of allylic oxidation sites excluding steroid dienone is 5. The zero-order valence-corrected chi connectivity index (χ0v) is 17.3. The number of halogens is 2. The van der Waals surface area contributed by atoms with Crippen LogP contribution >= 0.6 is 0 Å². The van der Waals surface area contributed by atoms with Gasteiger partial charge in [0.1, 0.15) is 0 Å². The second kappa shape index (κ2) is 7.90. The monoisotopic (exact) mass is 436 g/mol. The number of hydrogen-bond acceptors (Lipinski definition) is 3. The molecule has 1 atom stereocenters. The van der Waals surface area contributed by atoms with E-state index in [9.17, 15) is 0 Å². The van der Waals surface area contributed by atoms with E-state index in [0.29, 0.717) is 3.63 Å². The molecule has 2 aliphatic rings. The number of benzene rings is 1. The minimum Gasteiger partial charge on any atom is -1.00 e. The van der Waals surface area contributed by atoms with Crippen molar-refractivity contribution in [2.45, 2.75) is 23.9 Å². The van der Waals surface area contributed by atoms with Crippen LogP contribution in [0, 0.1) is 0 Å². The first-order valence-electron chi connectivity index (χ1n) is 7.41. The fourth-order valence-corrected chi connectivity index (χ4v) is 7.35. The summed E-state index contributed by atoms with van der Waals surface area (Å²) in [4.78, 5) is 1.70. The Hall–Kier alpha value is -1.03. The summed E-state index contributed by atoms with van der Waals surface area (Å²) in [5, 5.41) is 12.3. The maximum Gasteiger partial charge on any atom is -1.00 e. The Morgan fingerprint density at radius 2 is 1.96 bits per heavy atom. The molecule has 1 unspecified atom stereocenters. The van der Waals surface area contributed by atoms with Crippen LogP contribution in [-0.2, 0) is 23.2 Å². The minimum atomic E-state index is -0.794. The Balaban J connectivity index is 0.00000104. The van der Waals surface area contributed by atoms with Gasteiger partial charge in [0.15, 0.2) is 0 Å². The first kappa shape index (κ1) is 19.3. The molecule has 2 aromatic rings. The van der Waals surface area contributed by atoms with E-state index in [2.05, 4.69) is 65.7 Å². The van der Waals surface area contributed by atoms with Crippen LogP contribution in [0.2, 0.25) is 0 Å². The summed E-state index contributed by atoms with van der Waals surface area (Å²) in [6, 6.07) is 8.68. The van der Waals surface area contributed by atoms with Gasteiger partial charge in [-0.05, 0) is 0 Å². The van der Waals surface area contributed by atoms with Crippen molar-refractivity contribution in [2.24, 2.45) is 0 Å². The topological polar surface area (TPSA) is 43.6 Å². The van der Waals surface area contributed by atoms with Crippen molar-refractivity contribution >= 4 is 11.8 Å². The molecule has 0 aliphatic heterocycles. The third-order valence-corrected chi connectivity index (χ3v) is 8.94. The number of hydrogen-bond donors (Lipinski definition) is 0. The van der Waals surface area contributed by atoms with Crippen molar-refractivity contribution in [1.29, 1.82) is 0 Å². The smallest absolute Gasteiger partial charge is 1.00 e. The third-order valence-electron chi connectivity index (χ3n) is 4.46. The number of rotatable bonds is 3. The summed E-state index contributed by atoms with van der Waals surface area (Å²) in [5.41, 5.74) is 6.90. The van der Waals surface area contributed by atoms with Crippen molar-refractivity contribution in [3.05, 3.63) is 62.2 Å². The van der Waals surface area contributed by atoms with E-state index in [-0.39, 0.29) is 24.8 Å². The van der Waals surface area contributed by atoms with E-state index < -0.39 is 23.2 Å². The van der Waals surface area contributed by atoms with Crippen molar-refractivity contribution in [2.75, 3.05) is 0 Å². The molecule has 4 nitrogen and oxygen atoms in total. The van der Waals surface area contributed by atoms with E-state index in [1.807, 2.05) is 0 Å². The van der Waals surface area contributed by atoms with Gasteiger partial charge < -0.3 is 24.8 Å². The molecular weight excluding hydrogens is 422 g/mol. The fraction of sp³-hybridized carbons (Fsp3) is 0.235. The van der Waals surface area contributed by atoms with Crippen LogP contribution < -0.4 is 24.8 Å². The molecule has 0 fully saturated rings. The summed E-state index contributed by atoms with van der Waals surface area (Å²) in [7, 11) is 0. The summed E-state index contributed by atoms with van der Waals surface area (Å²) < 4.78 is 2.16. The number of aromatic nitrogens is 4. The molecule has 122 valence electrons. The maximum absolute atomic E-state index is 4.26. The standard InChI is InChI=1S/C10H7N4.C7H9.2ClH.Zr/c1-2-4-9-6-10(5-8(9)3-1)14-12-7-11-13-14;1-6-4-3-5-7(6)2;;;/h1-7H;4H,3H2,1-2H3;2*1H;/q;;;;+2/p-2. The molecule has 1 aromatic carbocycles. The van der Waals surface area contributed by atoms with Crippen LogP contribution in [0.25, 0.3) is 11.8 Å². The van der Waals surface area contributed by atoms with Gasteiger partial charge in [0.25, 0.3) is 0 Å². The quantitative estimate of drug-likeness (QED) is 0.530. The van der Waals surface area contributed by atoms with Gasteiger partial charge in [-0.2, -0.15) is 0 Å². The predicted molar refractivity (Wildman–Crippen MR) is 82.2 cm³/mol. The first-order valence-corrected chi connectivity index (χ1v) is 10.1. The van der Waals surface area contributed by atoms with Gasteiger partial charge in [-0.15, -0.1) is 0 Å². The zero-order valence-electron chi connectivity index (χ0n) is 13.4. The largest absolute Gasteiger partial charge is 1.00 e. The molecule has 0 bridgehead atoms. The van der Waals surface area contributed by atoms with E-state index in [0.717, 1.165) is 6.42 Å². The molecular formula is C17H16Cl2N4Zr. The summed E-state index contributed by atoms with van der Waals surface area (Å²) >= 11 is -0.794. The predicted octanol–water partition coefficient (Wildman–Crippen LogP) is -2.56. The number of fused-ring (bicyclic) bond motifs is 1. The van der Waals surface area contributed by atoms with E-state index in [1.165, 1.54) is 34.3 Å². The van der Waals surface area contributed by atoms with Gasteiger partial charge in [-0.25, -0.2) is 0 Å². The van der Waals surface area contributed by atoms with Gasteiger partial charge in [0, 0.05) is 0 Å². The van der Waals surface area contributed by atoms with Crippen LogP contribution in [0.1, 0.15) is 35.0 Å². The molecule has 24 heavy (non-hydrogen) atoms. The van der Waals surface area contributed by atoms with Crippen LogP contribution in [0.5, 0.6) is 0 Å². The normalized spacial score (nSPS) is 18.2. The SMILES string of the molecule is CC1=CC[C]([Zr+2][CH]2C(n3ncnn3)=Cc3ccccc32)=C1C.[Cl-].[Cl-]. The average molecular weight is 438 g/mol.